The smallest absolute Gasteiger partial charge is 0.310 e. The van der Waals surface area contributed by atoms with Gasteiger partial charge in [0.15, 0.2) is 6.29 Å². The number of esters is 1. The van der Waals surface area contributed by atoms with Gasteiger partial charge in [-0.05, 0) is 25.8 Å². The number of aromatic nitrogens is 1. The summed E-state index contributed by atoms with van der Waals surface area (Å²) in [6.45, 7) is 3.53. The molecule has 0 saturated carbocycles. The van der Waals surface area contributed by atoms with E-state index in [4.69, 9.17) is 16.3 Å². The van der Waals surface area contributed by atoms with E-state index in [1.165, 1.54) is 6.20 Å². The standard InChI is InChI=1S/C14H17ClN2O3/c1-2-20-14(19)11-4-3-5-17(8-11)13-12(15)6-10(9-18)7-16-13/h6-7,9,11H,2-5,8H2,1H3. The lowest BCUT2D eigenvalue weighted by molar-refractivity contribution is -0.148. The summed E-state index contributed by atoms with van der Waals surface area (Å²) in [5.41, 5.74) is 0.442. The topological polar surface area (TPSA) is 59.5 Å². The van der Waals surface area contributed by atoms with Crippen LogP contribution in [0.5, 0.6) is 0 Å². The highest BCUT2D eigenvalue weighted by Gasteiger charge is 2.28. The first-order valence-electron chi connectivity index (χ1n) is 6.68. The molecule has 0 aliphatic carbocycles. The molecule has 0 amide bonds. The number of nitrogens with zero attached hydrogens (tertiary/aromatic N) is 2. The maximum atomic E-state index is 11.8. The van der Waals surface area contributed by atoms with Crippen LogP contribution in [0.2, 0.25) is 5.02 Å². The van der Waals surface area contributed by atoms with Crippen LogP contribution in [0.1, 0.15) is 30.1 Å². The third-order valence-electron chi connectivity index (χ3n) is 3.32. The van der Waals surface area contributed by atoms with E-state index in [-0.39, 0.29) is 11.9 Å². The Kier molecular flexibility index (Phi) is 4.95. The van der Waals surface area contributed by atoms with Gasteiger partial charge in [-0.15, -0.1) is 0 Å². The maximum absolute atomic E-state index is 11.8. The predicted octanol–water partition coefficient (Wildman–Crippen LogP) is 2.33. The molecule has 0 radical (unpaired) electrons. The average molecular weight is 297 g/mol. The fraction of sp³-hybridized carbons (Fsp3) is 0.500. The van der Waals surface area contributed by atoms with E-state index in [1.807, 2.05) is 4.90 Å². The fourth-order valence-electron chi connectivity index (χ4n) is 2.36. The quantitative estimate of drug-likeness (QED) is 0.630. The summed E-state index contributed by atoms with van der Waals surface area (Å²) in [5.74, 6) is 0.302. The van der Waals surface area contributed by atoms with Crippen molar-refractivity contribution in [2.24, 2.45) is 5.92 Å². The van der Waals surface area contributed by atoms with Crippen molar-refractivity contribution in [3.05, 3.63) is 22.8 Å². The van der Waals surface area contributed by atoms with Crippen molar-refractivity contribution in [2.45, 2.75) is 19.8 Å². The van der Waals surface area contributed by atoms with E-state index in [1.54, 1.807) is 13.0 Å². The molecule has 20 heavy (non-hydrogen) atoms. The van der Waals surface area contributed by atoms with Crippen molar-refractivity contribution in [1.29, 1.82) is 0 Å². The van der Waals surface area contributed by atoms with Gasteiger partial charge in [-0.25, -0.2) is 4.98 Å². The lowest BCUT2D eigenvalue weighted by Gasteiger charge is -2.32. The average Bonchev–Trinajstić information content (AvgIpc) is 2.47. The number of anilines is 1. The molecule has 6 heteroatoms. The first kappa shape index (κ1) is 14.8. The summed E-state index contributed by atoms with van der Waals surface area (Å²) in [7, 11) is 0. The van der Waals surface area contributed by atoms with Gasteiger partial charge in [-0.2, -0.15) is 0 Å². The molecule has 2 heterocycles. The molecule has 108 valence electrons. The van der Waals surface area contributed by atoms with Crippen LogP contribution in [0.15, 0.2) is 12.3 Å². The normalized spacial score (nSPS) is 18.7. The first-order valence-corrected chi connectivity index (χ1v) is 7.05. The van der Waals surface area contributed by atoms with Gasteiger partial charge >= 0.3 is 5.97 Å². The Bertz CT molecular complexity index is 507. The molecule has 1 unspecified atom stereocenters. The summed E-state index contributed by atoms with van der Waals surface area (Å²) >= 11 is 6.15. The molecule has 1 aliphatic rings. The van der Waals surface area contributed by atoms with Gasteiger partial charge in [-0.3, -0.25) is 9.59 Å². The third kappa shape index (κ3) is 3.28. The number of halogens is 1. The Morgan fingerprint density at radius 2 is 2.45 bits per heavy atom. The van der Waals surface area contributed by atoms with E-state index in [2.05, 4.69) is 4.98 Å². The van der Waals surface area contributed by atoms with Gasteiger partial charge in [-0.1, -0.05) is 11.6 Å². The van der Waals surface area contributed by atoms with Crippen LogP contribution >= 0.6 is 11.6 Å². The van der Waals surface area contributed by atoms with Crippen LogP contribution in [0.3, 0.4) is 0 Å². The van der Waals surface area contributed by atoms with E-state index in [0.29, 0.717) is 35.8 Å². The Hall–Kier alpha value is -1.62. The molecule has 0 spiro atoms. The number of hydrogen-bond donors (Lipinski definition) is 0. The molecule has 1 saturated heterocycles. The molecule has 1 aliphatic heterocycles. The van der Waals surface area contributed by atoms with Crippen LogP contribution in [0, 0.1) is 5.92 Å². The Balaban J connectivity index is 2.12. The number of carbonyl (C=O) groups excluding carboxylic acids is 2. The minimum Gasteiger partial charge on any atom is -0.466 e. The molecular weight excluding hydrogens is 280 g/mol. The van der Waals surface area contributed by atoms with Crippen molar-refractivity contribution < 1.29 is 14.3 Å². The summed E-state index contributed by atoms with van der Waals surface area (Å²) in [4.78, 5) is 28.7. The number of rotatable bonds is 4. The number of hydrogen-bond acceptors (Lipinski definition) is 5. The largest absolute Gasteiger partial charge is 0.466 e. The SMILES string of the molecule is CCOC(=O)C1CCCN(c2ncc(C=O)cc2Cl)C1. The summed E-state index contributed by atoms with van der Waals surface area (Å²) in [5, 5.41) is 0.430. The van der Waals surface area contributed by atoms with Crippen molar-refractivity contribution in [1.82, 2.24) is 4.98 Å². The highest BCUT2D eigenvalue weighted by Crippen LogP contribution is 2.28. The highest BCUT2D eigenvalue weighted by molar-refractivity contribution is 6.33. The van der Waals surface area contributed by atoms with Gasteiger partial charge in [0.2, 0.25) is 0 Å². The zero-order valence-electron chi connectivity index (χ0n) is 11.3. The fourth-order valence-corrected chi connectivity index (χ4v) is 2.66. The number of ether oxygens (including phenoxy) is 1. The molecule has 0 aromatic carbocycles. The van der Waals surface area contributed by atoms with E-state index < -0.39 is 0 Å². The number of piperidine rings is 1. The van der Waals surface area contributed by atoms with Crippen LogP contribution in [-0.4, -0.2) is 36.9 Å². The van der Waals surface area contributed by atoms with Crippen molar-refractivity contribution >= 4 is 29.7 Å². The second-order valence-corrected chi connectivity index (χ2v) is 5.14. The van der Waals surface area contributed by atoms with Gasteiger partial charge < -0.3 is 9.64 Å². The molecular formula is C14H17ClN2O3. The monoisotopic (exact) mass is 296 g/mol. The highest BCUT2D eigenvalue weighted by atomic mass is 35.5. The van der Waals surface area contributed by atoms with Gasteiger partial charge in [0.05, 0.1) is 17.5 Å². The van der Waals surface area contributed by atoms with Gasteiger partial charge in [0, 0.05) is 24.8 Å². The lowest BCUT2D eigenvalue weighted by Crippen LogP contribution is -2.40. The molecule has 2 rings (SSSR count). The number of aldehydes is 1. The summed E-state index contributed by atoms with van der Waals surface area (Å²) in [6.07, 6.45) is 3.90. The van der Waals surface area contributed by atoms with Crippen LogP contribution < -0.4 is 4.90 Å². The minimum absolute atomic E-state index is 0.146. The summed E-state index contributed by atoms with van der Waals surface area (Å²) in [6, 6.07) is 1.59. The second kappa shape index (κ2) is 6.70. The molecule has 5 nitrogen and oxygen atoms in total. The third-order valence-corrected chi connectivity index (χ3v) is 3.60. The van der Waals surface area contributed by atoms with E-state index >= 15 is 0 Å². The molecule has 0 bridgehead atoms. The Morgan fingerprint density at radius 3 is 3.10 bits per heavy atom. The molecule has 1 atom stereocenters. The predicted molar refractivity (Wildman–Crippen MR) is 76.2 cm³/mol. The van der Waals surface area contributed by atoms with Crippen LogP contribution in [-0.2, 0) is 9.53 Å². The van der Waals surface area contributed by atoms with E-state index in [9.17, 15) is 9.59 Å². The van der Waals surface area contributed by atoms with Gasteiger partial charge in [0.1, 0.15) is 5.82 Å². The Morgan fingerprint density at radius 1 is 1.65 bits per heavy atom. The minimum atomic E-state index is -0.169. The Labute approximate surface area is 122 Å². The van der Waals surface area contributed by atoms with Gasteiger partial charge in [0.25, 0.3) is 0 Å². The zero-order valence-corrected chi connectivity index (χ0v) is 12.1. The molecule has 1 aromatic heterocycles. The van der Waals surface area contributed by atoms with Crippen molar-refractivity contribution in [3.63, 3.8) is 0 Å². The number of carbonyl (C=O) groups is 2. The van der Waals surface area contributed by atoms with E-state index in [0.717, 1.165) is 19.4 Å². The zero-order chi connectivity index (χ0) is 14.5. The van der Waals surface area contributed by atoms with Crippen LogP contribution in [0.4, 0.5) is 5.82 Å². The van der Waals surface area contributed by atoms with Crippen molar-refractivity contribution in [3.8, 4) is 0 Å². The first-order chi connectivity index (χ1) is 9.65. The molecule has 1 fully saturated rings. The van der Waals surface area contributed by atoms with Crippen LogP contribution in [0.25, 0.3) is 0 Å². The number of pyridine rings is 1. The summed E-state index contributed by atoms with van der Waals surface area (Å²) < 4.78 is 5.07. The maximum Gasteiger partial charge on any atom is 0.310 e. The molecule has 1 aromatic rings. The van der Waals surface area contributed by atoms with Crippen molar-refractivity contribution in [2.75, 3.05) is 24.6 Å². The molecule has 0 N–H and O–H groups in total. The lowest BCUT2D eigenvalue weighted by atomic mass is 9.98. The second-order valence-electron chi connectivity index (χ2n) is 4.73.